The summed E-state index contributed by atoms with van der Waals surface area (Å²) in [6, 6.07) is 10.9. The highest BCUT2D eigenvalue weighted by Crippen LogP contribution is 2.22. The van der Waals surface area contributed by atoms with Gasteiger partial charge in [-0.1, -0.05) is 11.6 Å². The molecule has 138 valence electrons. The first-order chi connectivity index (χ1) is 13.1. The lowest BCUT2D eigenvalue weighted by atomic mass is 10.2. The molecular formula is C18H15ClN4O3S. The summed E-state index contributed by atoms with van der Waals surface area (Å²) in [5.41, 5.74) is 2.43. The number of carbonyl (C=O) groups excluding carboxylic acids is 2. The fourth-order valence-corrected chi connectivity index (χ4v) is 3.68. The molecule has 3 heterocycles. The maximum Gasteiger partial charge on any atom is 0.414 e. The van der Waals surface area contributed by atoms with Gasteiger partial charge in [-0.3, -0.25) is 9.69 Å². The molecule has 0 saturated carbocycles. The highest BCUT2D eigenvalue weighted by Gasteiger charge is 2.23. The van der Waals surface area contributed by atoms with Gasteiger partial charge < -0.3 is 14.6 Å². The van der Waals surface area contributed by atoms with Gasteiger partial charge in [-0.05, 0) is 36.4 Å². The zero-order chi connectivity index (χ0) is 18.8. The first-order valence-corrected chi connectivity index (χ1v) is 9.41. The largest absolute Gasteiger partial charge is 0.447 e. The van der Waals surface area contributed by atoms with Crippen LogP contribution in [-0.4, -0.2) is 34.7 Å². The molecule has 0 radical (unpaired) electrons. The third-order valence-electron chi connectivity index (χ3n) is 4.08. The Morgan fingerprint density at radius 2 is 2.00 bits per heavy atom. The summed E-state index contributed by atoms with van der Waals surface area (Å²) in [5, 5.41) is 2.82. The van der Waals surface area contributed by atoms with E-state index in [-0.39, 0.29) is 12.0 Å². The number of ether oxygens (including phenoxy) is 1. The minimum absolute atomic E-state index is 0.177. The Morgan fingerprint density at radius 1 is 1.22 bits per heavy atom. The van der Waals surface area contributed by atoms with Crippen molar-refractivity contribution < 1.29 is 14.3 Å². The number of imidazole rings is 1. The minimum atomic E-state index is -0.324. The highest BCUT2D eigenvalue weighted by atomic mass is 35.5. The quantitative estimate of drug-likeness (QED) is 0.708. The van der Waals surface area contributed by atoms with E-state index in [4.69, 9.17) is 16.3 Å². The van der Waals surface area contributed by atoms with Crippen molar-refractivity contribution in [2.75, 3.05) is 18.1 Å². The number of hydrogen-bond donors (Lipinski definition) is 1. The molecule has 1 aliphatic heterocycles. The Kier molecular flexibility index (Phi) is 4.83. The van der Waals surface area contributed by atoms with Gasteiger partial charge in [-0.15, -0.1) is 11.3 Å². The average Bonchev–Trinajstić information content (AvgIpc) is 3.41. The van der Waals surface area contributed by atoms with E-state index in [0.29, 0.717) is 28.9 Å². The van der Waals surface area contributed by atoms with E-state index in [0.717, 1.165) is 17.1 Å². The maximum atomic E-state index is 12.1. The van der Waals surface area contributed by atoms with Crippen LogP contribution in [0.2, 0.25) is 4.34 Å². The van der Waals surface area contributed by atoms with Crippen LogP contribution in [0.5, 0.6) is 0 Å². The van der Waals surface area contributed by atoms with Gasteiger partial charge in [0.1, 0.15) is 6.61 Å². The van der Waals surface area contributed by atoms with Crippen LogP contribution in [0.3, 0.4) is 0 Å². The summed E-state index contributed by atoms with van der Waals surface area (Å²) < 4.78 is 7.38. The Balaban J connectivity index is 1.40. The molecule has 4 rings (SSSR count). The topological polar surface area (TPSA) is 76.5 Å². The summed E-state index contributed by atoms with van der Waals surface area (Å²) >= 11 is 7.08. The summed E-state index contributed by atoms with van der Waals surface area (Å²) in [6.07, 6.45) is 3.21. The summed E-state index contributed by atoms with van der Waals surface area (Å²) in [4.78, 5) is 30.1. The smallest absolute Gasteiger partial charge is 0.414 e. The molecule has 1 aliphatic rings. The van der Waals surface area contributed by atoms with E-state index in [9.17, 15) is 9.59 Å². The molecule has 0 unspecified atom stereocenters. The zero-order valence-corrected chi connectivity index (χ0v) is 15.7. The number of halogens is 1. The lowest BCUT2D eigenvalue weighted by Crippen LogP contribution is -2.23. The van der Waals surface area contributed by atoms with Crippen LogP contribution >= 0.6 is 22.9 Å². The fraction of sp³-hybridized carbons (Fsp3) is 0.167. The van der Waals surface area contributed by atoms with Crippen LogP contribution in [-0.2, 0) is 11.3 Å². The second kappa shape index (κ2) is 7.42. The number of anilines is 1. The Morgan fingerprint density at radius 3 is 2.67 bits per heavy atom. The molecule has 1 aromatic carbocycles. The van der Waals surface area contributed by atoms with E-state index >= 15 is 0 Å². The zero-order valence-electron chi connectivity index (χ0n) is 14.1. The van der Waals surface area contributed by atoms with Crippen molar-refractivity contribution in [3.8, 4) is 5.69 Å². The lowest BCUT2D eigenvalue weighted by molar-refractivity contribution is 0.0954. The third-order valence-corrected chi connectivity index (χ3v) is 5.31. The number of amides is 2. The molecule has 0 atom stereocenters. The number of rotatable bonds is 5. The van der Waals surface area contributed by atoms with E-state index in [1.165, 1.54) is 11.3 Å². The first-order valence-electron chi connectivity index (χ1n) is 8.21. The molecule has 2 amide bonds. The number of thiophene rings is 1. The Bertz CT molecular complexity index is 983. The summed E-state index contributed by atoms with van der Waals surface area (Å²) in [5.74, 6) is -0.177. The second-order valence-electron chi connectivity index (χ2n) is 5.84. The van der Waals surface area contributed by atoms with Gasteiger partial charge in [0.25, 0.3) is 5.91 Å². The van der Waals surface area contributed by atoms with Gasteiger partial charge in [-0.2, -0.15) is 0 Å². The maximum absolute atomic E-state index is 12.1. The van der Waals surface area contributed by atoms with Crippen LogP contribution in [0.1, 0.15) is 15.4 Å². The highest BCUT2D eigenvalue weighted by molar-refractivity contribution is 7.17. The second-order valence-corrected chi connectivity index (χ2v) is 7.56. The van der Waals surface area contributed by atoms with Crippen LogP contribution in [0, 0.1) is 0 Å². The molecule has 2 aromatic heterocycles. The number of aromatic nitrogens is 2. The Hall–Kier alpha value is -2.84. The van der Waals surface area contributed by atoms with Crippen LogP contribution in [0.25, 0.3) is 5.69 Å². The van der Waals surface area contributed by atoms with Crippen molar-refractivity contribution in [2.45, 2.75) is 6.54 Å². The van der Waals surface area contributed by atoms with E-state index in [1.54, 1.807) is 23.4 Å². The minimum Gasteiger partial charge on any atom is -0.447 e. The summed E-state index contributed by atoms with van der Waals surface area (Å²) in [6.45, 7) is 1.29. The monoisotopic (exact) mass is 402 g/mol. The van der Waals surface area contributed by atoms with Gasteiger partial charge in [0.2, 0.25) is 0 Å². The molecule has 3 aromatic rings. The number of carbonyl (C=O) groups is 2. The van der Waals surface area contributed by atoms with Gasteiger partial charge >= 0.3 is 6.09 Å². The predicted octanol–water partition coefficient (Wildman–Crippen LogP) is 3.47. The SMILES string of the molecule is O=C(NCc1cn(-c2ccc(N3CCOC3=O)cc2)cn1)c1ccc(Cl)s1. The normalized spacial score (nSPS) is 13.7. The van der Waals surface area contributed by atoms with Crippen LogP contribution < -0.4 is 10.2 Å². The van der Waals surface area contributed by atoms with Crippen molar-refractivity contribution in [2.24, 2.45) is 0 Å². The molecule has 1 fully saturated rings. The first kappa shape index (κ1) is 17.6. The predicted molar refractivity (Wildman–Crippen MR) is 103 cm³/mol. The number of nitrogens with one attached hydrogen (secondary N) is 1. The Labute approximate surface area is 164 Å². The number of hydrogen-bond acceptors (Lipinski definition) is 5. The van der Waals surface area contributed by atoms with Crippen molar-refractivity contribution in [1.29, 1.82) is 0 Å². The molecule has 1 saturated heterocycles. The van der Waals surface area contributed by atoms with E-state index < -0.39 is 0 Å². The molecule has 7 nitrogen and oxygen atoms in total. The molecular weight excluding hydrogens is 388 g/mol. The van der Waals surface area contributed by atoms with Crippen molar-refractivity contribution in [3.63, 3.8) is 0 Å². The molecule has 0 spiro atoms. The molecule has 9 heteroatoms. The lowest BCUT2D eigenvalue weighted by Gasteiger charge is -2.13. The van der Waals surface area contributed by atoms with E-state index in [1.807, 2.05) is 35.0 Å². The van der Waals surface area contributed by atoms with Crippen molar-refractivity contribution in [1.82, 2.24) is 14.9 Å². The standard InChI is InChI=1S/C18H15ClN4O3S/c19-16-6-5-15(27-16)17(24)20-9-12-10-22(11-21-12)13-1-3-14(4-2-13)23-7-8-26-18(23)25/h1-6,10-11H,7-9H2,(H,20,24). The number of cyclic esters (lactones) is 1. The molecule has 27 heavy (non-hydrogen) atoms. The van der Waals surface area contributed by atoms with E-state index in [2.05, 4.69) is 10.3 Å². The molecule has 0 aliphatic carbocycles. The van der Waals surface area contributed by atoms with Crippen molar-refractivity contribution >= 4 is 40.6 Å². The van der Waals surface area contributed by atoms with Crippen LogP contribution in [0.4, 0.5) is 10.5 Å². The summed E-state index contributed by atoms with van der Waals surface area (Å²) in [7, 11) is 0. The number of nitrogens with zero attached hydrogens (tertiary/aromatic N) is 3. The average molecular weight is 403 g/mol. The van der Waals surface area contributed by atoms with Gasteiger partial charge in [0, 0.05) is 17.6 Å². The van der Waals surface area contributed by atoms with Gasteiger partial charge in [-0.25, -0.2) is 9.78 Å². The molecule has 1 N–H and O–H groups in total. The third kappa shape index (κ3) is 3.81. The molecule has 0 bridgehead atoms. The number of benzene rings is 1. The van der Waals surface area contributed by atoms with Gasteiger partial charge in [0.15, 0.2) is 0 Å². The van der Waals surface area contributed by atoms with Crippen molar-refractivity contribution in [3.05, 3.63) is 63.8 Å². The van der Waals surface area contributed by atoms with Crippen LogP contribution in [0.15, 0.2) is 48.9 Å². The van der Waals surface area contributed by atoms with Gasteiger partial charge in [0.05, 0.1) is 34.3 Å². The fourth-order valence-electron chi connectivity index (χ4n) is 2.72.